The highest BCUT2D eigenvalue weighted by molar-refractivity contribution is 6.09. The van der Waals surface area contributed by atoms with Crippen LogP contribution in [0.25, 0.3) is 6.08 Å². The minimum atomic E-state index is -0.401. The first-order valence-electron chi connectivity index (χ1n) is 6.03. The van der Waals surface area contributed by atoms with Crippen LogP contribution in [0.3, 0.4) is 0 Å². The van der Waals surface area contributed by atoms with Gasteiger partial charge in [0.2, 0.25) is 0 Å². The summed E-state index contributed by atoms with van der Waals surface area (Å²) in [6.45, 7) is 5.95. The van der Waals surface area contributed by atoms with Crippen molar-refractivity contribution in [3.05, 3.63) is 53.1 Å². The van der Waals surface area contributed by atoms with Gasteiger partial charge in [0.1, 0.15) is 0 Å². The van der Waals surface area contributed by atoms with Crippen molar-refractivity contribution in [1.29, 1.82) is 0 Å². The summed E-state index contributed by atoms with van der Waals surface area (Å²) in [7, 11) is 0. The highest BCUT2D eigenvalue weighted by Gasteiger charge is 2.38. The van der Waals surface area contributed by atoms with Crippen molar-refractivity contribution in [2.75, 3.05) is 0 Å². The van der Waals surface area contributed by atoms with Crippen molar-refractivity contribution < 1.29 is 4.79 Å². The molecular formula is C16H18O. The molecule has 1 aromatic carbocycles. The van der Waals surface area contributed by atoms with Gasteiger partial charge in [0.25, 0.3) is 0 Å². The minimum Gasteiger partial charge on any atom is -0.294 e. The number of hydrogen-bond acceptors (Lipinski definition) is 1. The molecule has 88 valence electrons. The molecule has 0 spiro atoms. The van der Waals surface area contributed by atoms with Crippen molar-refractivity contribution >= 4 is 11.9 Å². The molecule has 1 aromatic rings. The van der Waals surface area contributed by atoms with E-state index in [2.05, 4.69) is 18.2 Å². The zero-order valence-corrected chi connectivity index (χ0v) is 10.7. The zero-order valence-electron chi connectivity index (χ0n) is 10.7. The highest BCUT2D eigenvalue weighted by Crippen LogP contribution is 2.38. The molecular weight excluding hydrogens is 208 g/mol. The molecule has 0 aliphatic heterocycles. The number of benzene rings is 1. The zero-order chi connectivity index (χ0) is 12.5. The van der Waals surface area contributed by atoms with Gasteiger partial charge in [0, 0.05) is 0 Å². The standard InChI is InChI=1S/C16H18O/c1-4-5-10-16(3)14-9-7-6-8-13(14)11-12(2)15(16)17/h4-9,11H,10H2,1-3H3/b5-4-. The number of carbonyl (C=O) groups is 1. The molecule has 0 saturated carbocycles. The van der Waals surface area contributed by atoms with Crippen molar-refractivity contribution in [1.82, 2.24) is 0 Å². The van der Waals surface area contributed by atoms with Crippen LogP contribution in [0.5, 0.6) is 0 Å². The van der Waals surface area contributed by atoms with Gasteiger partial charge in [-0.05, 0) is 50.0 Å². The molecule has 0 N–H and O–H groups in total. The second-order valence-electron chi connectivity index (χ2n) is 4.85. The lowest BCUT2D eigenvalue weighted by Gasteiger charge is -2.32. The Morgan fingerprint density at radius 1 is 1.29 bits per heavy atom. The summed E-state index contributed by atoms with van der Waals surface area (Å²) in [5.74, 6) is 0.245. The second kappa shape index (κ2) is 4.33. The predicted molar refractivity (Wildman–Crippen MR) is 71.9 cm³/mol. The average molecular weight is 226 g/mol. The van der Waals surface area contributed by atoms with Crippen LogP contribution in [0, 0.1) is 0 Å². The van der Waals surface area contributed by atoms with E-state index in [4.69, 9.17) is 0 Å². The van der Waals surface area contributed by atoms with Gasteiger partial charge < -0.3 is 0 Å². The maximum Gasteiger partial charge on any atom is 0.169 e. The number of ketones is 1. The van der Waals surface area contributed by atoms with E-state index >= 15 is 0 Å². The number of Topliss-reactive ketones (excluding diaryl/α,β-unsaturated/α-hetero) is 1. The van der Waals surface area contributed by atoms with Crippen molar-refractivity contribution in [3.63, 3.8) is 0 Å². The molecule has 1 aliphatic carbocycles. The molecule has 1 nitrogen and oxygen atoms in total. The Balaban J connectivity index is 2.59. The molecule has 0 heterocycles. The third-order valence-corrected chi connectivity index (χ3v) is 3.55. The van der Waals surface area contributed by atoms with Gasteiger partial charge in [-0.15, -0.1) is 0 Å². The van der Waals surface area contributed by atoms with Crippen molar-refractivity contribution in [2.24, 2.45) is 0 Å². The molecule has 2 rings (SSSR count). The van der Waals surface area contributed by atoms with E-state index in [-0.39, 0.29) is 5.78 Å². The molecule has 1 unspecified atom stereocenters. The van der Waals surface area contributed by atoms with Gasteiger partial charge in [-0.3, -0.25) is 4.79 Å². The molecule has 0 amide bonds. The normalized spacial score (nSPS) is 23.7. The van der Waals surface area contributed by atoms with E-state index in [0.29, 0.717) is 0 Å². The summed E-state index contributed by atoms with van der Waals surface area (Å²) < 4.78 is 0. The van der Waals surface area contributed by atoms with Gasteiger partial charge in [0.05, 0.1) is 5.41 Å². The van der Waals surface area contributed by atoms with Crippen molar-refractivity contribution in [3.8, 4) is 0 Å². The fraction of sp³-hybridized carbons (Fsp3) is 0.312. The molecule has 0 bridgehead atoms. The minimum absolute atomic E-state index is 0.245. The molecule has 0 aromatic heterocycles. The third kappa shape index (κ3) is 1.86. The van der Waals surface area contributed by atoms with Crippen LogP contribution in [0.2, 0.25) is 0 Å². The number of hydrogen-bond donors (Lipinski definition) is 0. The van der Waals surface area contributed by atoms with Crippen LogP contribution >= 0.6 is 0 Å². The van der Waals surface area contributed by atoms with Gasteiger partial charge in [-0.25, -0.2) is 0 Å². The molecule has 1 aliphatic rings. The van der Waals surface area contributed by atoms with Crippen LogP contribution in [0.15, 0.2) is 42.0 Å². The summed E-state index contributed by atoms with van der Waals surface area (Å²) in [6.07, 6.45) is 6.85. The van der Waals surface area contributed by atoms with Gasteiger partial charge in [-0.2, -0.15) is 0 Å². The maximum absolute atomic E-state index is 12.4. The lowest BCUT2D eigenvalue weighted by molar-refractivity contribution is -0.120. The van der Waals surface area contributed by atoms with E-state index in [1.54, 1.807) is 0 Å². The highest BCUT2D eigenvalue weighted by atomic mass is 16.1. The van der Waals surface area contributed by atoms with E-state index < -0.39 is 5.41 Å². The summed E-state index contributed by atoms with van der Waals surface area (Å²) in [5.41, 5.74) is 2.78. The van der Waals surface area contributed by atoms with Gasteiger partial charge in [-0.1, -0.05) is 36.4 Å². The summed E-state index contributed by atoms with van der Waals surface area (Å²) in [4.78, 5) is 12.4. The molecule has 0 saturated heterocycles. The first-order chi connectivity index (χ1) is 8.09. The Morgan fingerprint density at radius 2 is 2.00 bits per heavy atom. The van der Waals surface area contributed by atoms with Gasteiger partial charge >= 0.3 is 0 Å². The first-order valence-corrected chi connectivity index (χ1v) is 6.03. The Hall–Kier alpha value is -1.63. The quantitative estimate of drug-likeness (QED) is 0.699. The lowest BCUT2D eigenvalue weighted by Crippen LogP contribution is -2.35. The molecule has 1 atom stereocenters. The average Bonchev–Trinajstić information content (AvgIpc) is 2.34. The van der Waals surface area contributed by atoms with Crippen LogP contribution in [0.4, 0.5) is 0 Å². The topological polar surface area (TPSA) is 17.1 Å². The second-order valence-corrected chi connectivity index (χ2v) is 4.85. The number of rotatable bonds is 2. The number of allylic oxidation sites excluding steroid dienone is 3. The number of carbonyl (C=O) groups excluding carboxylic acids is 1. The molecule has 0 radical (unpaired) electrons. The third-order valence-electron chi connectivity index (χ3n) is 3.55. The SMILES string of the molecule is C/C=C\CC1(C)C(=O)C(C)=Cc2ccccc21. The molecule has 17 heavy (non-hydrogen) atoms. The predicted octanol–water partition coefficient (Wildman–Crippen LogP) is 3.90. The van der Waals surface area contributed by atoms with Crippen LogP contribution in [0.1, 0.15) is 38.3 Å². The van der Waals surface area contributed by atoms with E-state index in [9.17, 15) is 4.79 Å². The molecule has 0 fully saturated rings. The number of fused-ring (bicyclic) bond motifs is 1. The van der Waals surface area contributed by atoms with Crippen LogP contribution < -0.4 is 0 Å². The summed E-state index contributed by atoms with van der Waals surface area (Å²) in [6, 6.07) is 8.18. The fourth-order valence-electron chi connectivity index (χ4n) is 2.54. The summed E-state index contributed by atoms with van der Waals surface area (Å²) in [5, 5.41) is 0. The first kappa shape index (κ1) is 11.8. The van der Waals surface area contributed by atoms with E-state index in [0.717, 1.165) is 17.6 Å². The van der Waals surface area contributed by atoms with Gasteiger partial charge in [0.15, 0.2) is 5.78 Å². The summed E-state index contributed by atoms with van der Waals surface area (Å²) >= 11 is 0. The monoisotopic (exact) mass is 226 g/mol. The molecule has 1 heteroatoms. The van der Waals surface area contributed by atoms with E-state index in [1.807, 2.05) is 45.1 Å². The smallest absolute Gasteiger partial charge is 0.169 e. The Bertz CT molecular complexity index is 508. The van der Waals surface area contributed by atoms with Crippen LogP contribution in [-0.4, -0.2) is 5.78 Å². The lowest BCUT2D eigenvalue weighted by atomic mass is 9.69. The largest absolute Gasteiger partial charge is 0.294 e. The van der Waals surface area contributed by atoms with Crippen molar-refractivity contribution in [2.45, 2.75) is 32.6 Å². The fourth-order valence-corrected chi connectivity index (χ4v) is 2.54. The Kier molecular flexibility index (Phi) is 3.01. The Labute approximate surface area is 103 Å². The Morgan fingerprint density at radius 3 is 2.71 bits per heavy atom. The van der Waals surface area contributed by atoms with Crippen LogP contribution in [-0.2, 0) is 10.2 Å². The van der Waals surface area contributed by atoms with E-state index in [1.165, 1.54) is 5.56 Å². The maximum atomic E-state index is 12.4.